The van der Waals surface area contributed by atoms with Crippen LogP contribution in [0.4, 0.5) is 11.4 Å². The van der Waals surface area contributed by atoms with Gasteiger partial charge < -0.3 is 14.9 Å². The van der Waals surface area contributed by atoms with E-state index in [9.17, 15) is 23.1 Å². The monoisotopic (exact) mass is 522 g/mol. The molecule has 4 aromatic rings. The second kappa shape index (κ2) is 8.67. The van der Waals surface area contributed by atoms with Crippen molar-refractivity contribution in [2.75, 3.05) is 16.2 Å². The highest BCUT2D eigenvalue weighted by Crippen LogP contribution is 2.35. The lowest BCUT2D eigenvalue weighted by Crippen LogP contribution is -2.29. The number of aromatic carboxylic acids is 1. The van der Waals surface area contributed by atoms with Gasteiger partial charge in [0.05, 0.1) is 38.9 Å². The number of carboxylic acids is 1. The number of hydrogen-bond acceptors (Lipinski definition) is 7. The Morgan fingerprint density at radius 2 is 1.94 bits per heavy atom. The number of halogens is 1. The minimum absolute atomic E-state index is 0.0567. The number of aromatic nitrogens is 1. The maximum absolute atomic E-state index is 13.4. The molecule has 12 heteroatoms. The summed E-state index contributed by atoms with van der Waals surface area (Å²) in [7, 11) is -3.98. The van der Waals surface area contributed by atoms with E-state index < -0.39 is 21.9 Å². The van der Waals surface area contributed by atoms with E-state index in [1.807, 2.05) is 6.07 Å². The van der Waals surface area contributed by atoms with E-state index in [2.05, 4.69) is 10.5 Å². The molecular formula is C24H15ClN4O6S. The summed E-state index contributed by atoms with van der Waals surface area (Å²) in [6, 6.07) is 14.7. The van der Waals surface area contributed by atoms with Crippen LogP contribution in [0.25, 0.3) is 11.0 Å². The Morgan fingerprint density at radius 3 is 2.69 bits per heavy atom. The lowest BCUT2D eigenvalue weighted by atomic mass is 10.1. The number of sulfonamides is 1. The number of carboxylic acid groups (broad SMARTS) is 1. The van der Waals surface area contributed by atoms with Crippen LogP contribution in [0, 0.1) is 11.3 Å². The quantitative estimate of drug-likeness (QED) is 0.398. The number of nitriles is 1. The summed E-state index contributed by atoms with van der Waals surface area (Å²) in [6.45, 7) is 0.240. The summed E-state index contributed by atoms with van der Waals surface area (Å²) < 4.78 is 33.4. The van der Waals surface area contributed by atoms with Crippen LogP contribution in [0.15, 0.2) is 64.0 Å². The molecule has 10 nitrogen and oxygen atoms in total. The van der Waals surface area contributed by atoms with Gasteiger partial charge in [-0.3, -0.25) is 9.10 Å². The average Bonchev–Trinajstić information content (AvgIpc) is 3.48. The van der Waals surface area contributed by atoms with E-state index in [0.717, 1.165) is 11.6 Å². The normalized spacial score (nSPS) is 12.8. The first kappa shape index (κ1) is 23.3. The summed E-state index contributed by atoms with van der Waals surface area (Å²) in [5.74, 6) is -2.15. The first-order chi connectivity index (χ1) is 17.2. The number of nitrogens with zero attached hydrogens (tertiary/aromatic N) is 3. The van der Waals surface area contributed by atoms with Crippen LogP contribution in [-0.2, 0) is 16.4 Å². The summed E-state index contributed by atoms with van der Waals surface area (Å²) in [6.07, 6.45) is 0.509. The SMILES string of the molecule is N#Cc1ccc(NC(=O)c2noc3ccc(S(=O)(=O)N4CCc5cc(Cl)ccc54)cc23)c(C(=O)O)c1. The van der Waals surface area contributed by atoms with Crippen molar-refractivity contribution in [3.63, 3.8) is 0 Å². The molecule has 0 aliphatic carbocycles. The van der Waals surface area contributed by atoms with Gasteiger partial charge in [-0.15, -0.1) is 0 Å². The lowest BCUT2D eigenvalue weighted by Gasteiger charge is -2.19. The summed E-state index contributed by atoms with van der Waals surface area (Å²) in [5.41, 5.74) is 1.06. The van der Waals surface area contributed by atoms with Crippen molar-refractivity contribution in [2.24, 2.45) is 0 Å². The largest absolute Gasteiger partial charge is 0.478 e. The molecule has 0 saturated heterocycles. The number of carbonyl (C=O) groups is 2. The number of amides is 1. The summed E-state index contributed by atoms with van der Waals surface area (Å²) in [4.78, 5) is 24.5. The van der Waals surface area contributed by atoms with Crippen molar-refractivity contribution in [1.82, 2.24) is 5.16 Å². The van der Waals surface area contributed by atoms with Crippen LogP contribution in [0.1, 0.15) is 32.0 Å². The van der Waals surface area contributed by atoms with Crippen LogP contribution in [0.2, 0.25) is 5.02 Å². The average molecular weight is 523 g/mol. The molecule has 0 bridgehead atoms. The van der Waals surface area contributed by atoms with E-state index in [4.69, 9.17) is 21.4 Å². The van der Waals surface area contributed by atoms with Gasteiger partial charge >= 0.3 is 5.97 Å². The Bertz CT molecular complexity index is 1720. The Hall–Kier alpha value is -4.40. The third kappa shape index (κ3) is 3.92. The van der Waals surface area contributed by atoms with Crippen LogP contribution >= 0.6 is 11.6 Å². The van der Waals surface area contributed by atoms with E-state index in [-0.39, 0.29) is 44.9 Å². The predicted molar refractivity (Wildman–Crippen MR) is 130 cm³/mol. The molecule has 0 unspecified atom stereocenters. The Balaban J connectivity index is 1.50. The molecule has 2 N–H and O–H groups in total. The van der Waals surface area contributed by atoms with Crippen molar-refractivity contribution in [3.05, 3.63) is 82.0 Å². The molecule has 0 saturated carbocycles. The molecule has 36 heavy (non-hydrogen) atoms. The van der Waals surface area contributed by atoms with Gasteiger partial charge in [-0.05, 0) is 66.6 Å². The molecule has 180 valence electrons. The van der Waals surface area contributed by atoms with Gasteiger partial charge in [-0.1, -0.05) is 16.8 Å². The number of hydrogen-bond donors (Lipinski definition) is 2. The number of benzene rings is 3. The molecule has 2 heterocycles. The lowest BCUT2D eigenvalue weighted by molar-refractivity contribution is 0.0698. The van der Waals surface area contributed by atoms with E-state index in [1.165, 1.54) is 34.6 Å². The Labute approximate surface area is 209 Å². The number of rotatable bonds is 5. The van der Waals surface area contributed by atoms with E-state index in [1.54, 1.807) is 18.2 Å². The highest BCUT2D eigenvalue weighted by atomic mass is 35.5. The van der Waals surface area contributed by atoms with Gasteiger partial charge in [0.2, 0.25) is 0 Å². The first-order valence-electron chi connectivity index (χ1n) is 10.5. The standard InChI is InChI=1S/C24H15ClN4O6S/c25-15-2-5-20-14(10-15)7-8-29(20)36(33,34)16-3-6-21-18(11-16)22(28-35-21)23(30)27-19-4-1-13(12-26)9-17(19)24(31)32/h1-6,9-11H,7-8H2,(H,27,30)(H,31,32). The third-order valence-corrected chi connectivity index (χ3v) is 7.81. The maximum atomic E-state index is 13.4. The summed E-state index contributed by atoms with van der Waals surface area (Å²) in [5, 5.41) is 25.3. The zero-order valence-electron chi connectivity index (χ0n) is 18.2. The van der Waals surface area contributed by atoms with Gasteiger partial charge in [-0.25, -0.2) is 13.2 Å². The van der Waals surface area contributed by atoms with Gasteiger partial charge in [0, 0.05) is 11.6 Å². The van der Waals surface area contributed by atoms with Crippen molar-refractivity contribution >= 4 is 55.8 Å². The molecule has 1 aliphatic heterocycles. The second-order valence-electron chi connectivity index (χ2n) is 7.92. The molecule has 0 fully saturated rings. The number of anilines is 2. The van der Waals surface area contributed by atoms with Crippen molar-refractivity contribution in [3.8, 4) is 6.07 Å². The molecular weight excluding hydrogens is 508 g/mol. The van der Waals surface area contributed by atoms with Crippen LogP contribution in [0.5, 0.6) is 0 Å². The van der Waals surface area contributed by atoms with E-state index >= 15 is 0 Å². The van der Waals surface area contributed by atoms with Crippen molar-refractivity contribution < 1.29 is 27.6 Å². The molecule has 1 amide bonds. The fourth-order valence-corrected chi connectivity index (χ4v) is 5.76. The minimum atomic E-state index is -3.98. The highest BCUT2D eigenvalue weighted by molar-refractivity contribution is 7.92. The number of nitrogens with one attached hydrogen (secondary N) is 1. The van der Waals surface area contributed by atoms with Crippen molar-refractivity contribution in [2.45, 2.75) is 11.3 Å². The smallest absolute Gasteiger partial charge is 0.337 e. The molecule has 3 aromatic carbocycles. The summed E-state index contributed by atoms with van der Waals surface area (Å²) >= 11 is 6.03. The topological polar surface area (TPSA) is 154 Å². The predicted octanol–water partition coefficient (Wildman–Crippen LogP) is 4.05. The fourth-order valence-electron chi connectivity index (χ4n) is 4.04. The van der Waals surface area contributed by atoms with Crippen LogP contribution in [0.3, 0.4) is 0 Å². The first-order valence-corrected chi connectivity index (χ1v) is 12.3. The Kier molecular flexibility index (Phi) is 5.62. The van der Waals surface area contributed by atoms with Crippen LogP contribution < -0.4 is 9.62 Å². The second-order valence-corrected chi connectivity index (χ2v) is 10.2. The van der Waals surface area contributed by atoms with Gasteiger partial charge in [0.1, 0.15) is 0 Å². The molecule has 0 radical (unpaired) electrons. The zero-order chi connectivity index (χ0) is 25.6. The molecule has 1 aromatic heterocycles. The zero-order valence-corrected chi connectivity index (χ0v) is 19.8. The Morgan fingerprint density at radius 1 is 1.14 bits per heavy atom. The van der Waals surface area contributed by atoms with E-state index in [0.29, 0.717) is 17.1 Å². The van der Waals surface area contributed by atoms with Gasteiger partial charge in [-0.2, -0.15) is 5.26 Å². The fraction of sp³-hybridized carbons (Fsp3) is 0.0833. The number of carbonyl (C=O) groups excluding carboxylic acids is 1. The molecule has 1 aliphatic rings. The van der Waals surface area contributed by atoms with Gasteiger partial charge in [0.25, 0.3) is 15.9 Å². The molecule has 0 spiro atoms. The number of fused-ring (bicyclic) bond motifs is 2. The highest BCUT2D eigenvalue weighted by Gasteiger charge is 2.32. The molecule has 0 atom stereocenters. The molecule has 5 rings (SSSR count). The maximum Gasteiger partial charge on any atom is 0.337 e. The van der Waals surface area contributed by atoms with Gasteiger partial charge in [0.15, 0.2) is 11.3 Å². The van der Waals surface area contributed by atoms with Crippen LogP contribution in [-0.4, -0.2) is 37.1 Å². The van der Waals surface area contributed by atoms with Crippen molar-refractivity contribution in [1.29, 1.82) is 5.26 Å². The third-order valence-electron chi connectivity index (χ3n) is 5.77. The minimum Gasteiger partial charge on any atom is -0.478 e.